The molecule has 2 nitrogen and oxygen atoms in total. The molecule has 0 N–H and O–H groups in total. The molecule has 0 saturated heterocycles. The highest BCUT2D eigenvalue weighted by Crippen LogP contribution is 2.43. The van der Waals surface area contributed by atoms with E-state index in [4.69, 9.17) is 13.1 Å². The molecular weight excluding hydrogens is 208 g/mol. The standard InChI is InChI=1S/C15H8N2/c1-16-11-8-13-12-6-4-3-5-10(12)7-14(13)15(9-11)17-2/h3-6,8-9H,7H2. The fraction of sp³-hybridized carbons (Fsp3) is 0.0667. The molecule has 0 bridgehead atoms. The van der Waals surface area contributed by atoms with Crippen LogP contribution in [0.3, 0.4) is 0 Å². The summed E-state index contributed by atoms with van der Waals surface area (Å²) >= 11 is 0. The van der Waals surface area contributed by atoms with Crippen LogP contribution in [0.25, 0.3) is 20.8 Å². The lowest BCUT2D eigenvalue weighted by Crippen LogP contribution is -1.80. The molecular formula is C15H8N2. The molecule has 0 heterocycles. The van der Waals surface area contributed by atoms with Gasteiger partial charge in [-0.1, -0.05) is 36.4 Å². The Kier molecular flexibility index (Phi) is 1.97. The van der Waals surface area contributed by atoms with Crippen LogP contribution in [-0.2, 0) is 6.42 Å². The van der Waals surface area contributed by atoms with Crippen molar-refractivity contribution in [1.82, 2.24) is 0 Å². The third-order valence-electron chi connectivity index (χ3n) is 3.14. The summed E-state index contributed by atoms with van der Waals surface area (Å²) in [4.78, 5) is 6.98. The predicted molar refractivity (Wildman–Crippen MR) is 67.2 cm³/mol. The molecule has 17 heavy (non-hydrogen) atoms. The van der Waals surface area contributed by atoms with Crippen LogP contribution >= 0.6 is 0 Å². The molecule has 1 aliphatic carbocycles. The molecule has 0 radical (unpaired) electrons. The van der Waals surface area contributed by atoms with Crippen LogP contribution < -0.4 is 0 Å². The molecule has 0 amide bonds. The highest BCUT2D eigenvalue weighted by Gasteiger charge is 2.21. The van der Waals surface area contributed by atoms with Gasteiger partial charge in [-0.3, -0.25) is 0 Å². The Balaban J connectivity index is 2.34. The van der Waals surface area contributed by atoms with E-state index in [0.29, 0.717) is 11.4 Å². The Bertz CT molecular complexity index is 700. The number of fused-ring (bicyclic) bond motifs is 3. The van der Waals surface area contributed by atoms with E-state index >= 15 is 0 Å². The van der Waals surface area contributed by atoms with Gasteiger partial charge in [-0.2, -0.15) is 0 Å². The molecule has 0 fully saturated rings. The van der Waals surface area contributed by atoms with Gasteiger partial charge in [-0.25, -0.2) is 9.69 Å². The third-order valence-corrected chi connectivity index (χ3v) is 3.14. The molecule has 2 aromatic carbocycles. The molecule has 0 atom stereocenters. The second kappa shape index (κ2) is 3.47. The van der Waals surface area contributed by atoms with Crippen molar-refractivity contribution in [3.05, 3.63) is 70.4 Å². The van der Waals surface area contributed by atoms with E-state index in [1.165, 1.54) is 5.56 Å². The number of rotatable bonds is 0. The van der Waals surface area contributed by atoms with Crippen LogP contribution in [0, 0.1) is 13.1 Å². The minimum atomic E-state index is 0.548. The summed E-state index contributed by atoms with van der Waals surface area (Å²) in [7, 11) is 0. The molecule has 0 unspecified atom stereocenters. The molecule has 1 aliphatic rings. The summed E-state index contributed by atoms with van der Waals surface area (Å²) in [5.74, 6) is 0. The molecule has 0 aliphatic heterocycles. The van der Waals surface area contributed by atoms with Gasteiger partial charge in [0.25, 0.3) is 0 Å². The van der Waals surface area contributed by atoms with E-state index < -0.39 is 0 Å². The van der Waals surface area contributed by atoms with E-state index in [-0.39, 0.29) is 0 Å². The van der Waals surface area contributed by atoms with Gasteiger partial charge in [0.1, 0.15) is 0 Å². The second-order valence-electron chi connectivity index (χ2n) is 4.05. The summed E-state index contributed by atoms with van der Waals surface area (Å²) in [6, 6.07) is 11.7. The highest BCUT2D eigenvalue weighted by atomic mass is 14.7. The van der Waals surface area contributed by atoms with Crippen LogP contribution in [0.2, 0.25) is 0 Å². The molecule has 3 rings (SSSR count). The molecule has 2 heteroatoms. The summed E-state index contributed by atoms with van der Waals surface area (Å²) in [6.07, 6.45) is 0.807. The van der Waals surface area contributed by atoms with Crippen LogP contribution in [0.15, 0.2) is 36.4 Å². The average molecular weight is 216 g/mol. The van der Waals surface area contributed by atoms with Crippen molar-refractivity contribution in [2.75, 3.05) is 0 Å². The molecule has 0 spiro atoms. The Labute approximate surface area is 99.8 Å². The lowest BCUT2D eigenvalue weighted by Gasteiger charge is -2.03. The maximum absolute atomic E-state index is 7.21. The van der Waals surface area contributed by atoms with E-state index in [9.17, 15) is 0 Å². The van der Waals surface area contributed by atoms with Crippen molar-refractivity contribution in [1.29, 1.82) is 0 Å². The zero-order chi connectivity index (χ0) is 11.8. The second-order valence-corrected chi connectivity index (χ2v) is 4.05. The first-order valence-corrected chi connectivity index (χ1v) is 5.33. The normalized spacial score (nSPS) is 11.2. The summed E-state index contributed by atoms with van der Waals surface area (Å²) in [6.45, 7) is 14.3. The molecule has 78 valence electrons. The number of hydrogen-bond donors (Lipinski definition) is 0. The molecule has 0 aromatic heterocycles. The lowest BCUT2D eigenvalue weighted by atomic mass is 10.0. The largest absolute Gasteiger partial charge is 0.239 e. The first kappa shape index (κ1) is 9.63. The molecule has 2 aromatic rings. The first-order chi connectivity index (χ1) is 8.33. The van der Waals surface area contributed by atoms with Crippen molar-refractivity contribution < 1.29 is 0 Å². The Morgan fingerprint density at radius 2 is 1.76 bits per heavy atom. The topological polar surface area (TPSA) is 8.72 Å². The number of nitrogens with zero attached hydrogens (tertiary/aromatic N) is 2. The quantitative estimate of drug-likeness (QED) is 0.494. The van der Waals surface area contributed by atoms with Crippen LogP contribution in [-0.4, -0.2) is 0 Å². The van der Waals surface area contributed by atoms with Gasteiger partial charge in [0.15, 0.2) is 11.4 Å². The van der Waals surface area contributed by atoms with Crippen LogP contribution in [0.5, 0.6) is 0 Å². The van der Waals surface area contributed by atoms with Crippen molar-refractivity contribution in [2.45, 2.75) is 6.42 Å². The fourth-order valence-corrected chi connectivity index (χ4v) is 2.36. The smallest absolute Gasteiger partial charge is 0.181 e. The number of benzene rings is 2. The van der Waals surface area contributed by atoms with E-state index in [0.717, 1.165) is 23.1 Å². The van der Waals surface area contributed by atoms with Crippen molar-refractivity contribution in [2.24, 2.45) is 0 Å². The first-order valence-electron chi connectivity index (χ1n) is 5.33. The summed E-state index contributed by atoms with van der Waals surface area (Å²) < 4.78 is 0. The van der Waals surface area contributed by atoms with Gasteiger partial charge in [0, 0.05) is 0 Å². The lowest BCUT2D eigenvalue weighted by molar-refractivity contribution is 1.27. The average Bonchev–Trinajstić information content (AvgIpc) is 2.76. The Morgan fingerprint density at radius 3 is 2.53 bits per heavy atom. The van der Waals surface area contributed by atoms with E-state index in [1.54, 1.807) is 6.07 Å². The minimum Gasteiger partial charge on any atom is -0.239 e. The van der Waals surface area contributed by atoms with Crippen LogP contribution in [0.1, 0.15) is 11.1 Å². The third kappa shape index (κ3) is 1.32. The van der Waals surface area contributed by atoms with Gasteiger partial charge in [-0.15, -0.1) is 0 Å². The fourth-order valence-electron chi connectivity index (χ4n) is 2.36. The van der Waals surface area contributed by atoms with Crippen molar-refractivity contribution >= 4 is 11.4 Å². The Hall–Kier alpha value is -2.58. The zero-order valence-corrected chi connectivity index (χ0v) is 9.07. The van der Waals surface area contributed by atoms with Gasteiger partial charge in [0.2, 0.25) is 0 Å². The minimum absolute atomic E-state index is 0.548. The van der Waals surface area contributed by atoms with E-state index in [1.807, 2.05) is 18.2 Å². The van der Waals surface area contributed by atoms with Gasteiger partial charge in [-0.05, 0) is 28.7 Å². The molecule has 0 saturated carbocycles. The summed E-state index contributed by atoms with van der Waals surface area (Å²) in [5.41, 5.74) is 5.69. The highest BCUT2D eigenvalue weighted by molar-refractivity contribution is 5.85. The maximum Gasteiger partial charge on any atom is 0.181 e. The van der Waals surface area contributed by atoms with Gasteiger partial charge in [0.05, 0.1) is 13.1 Å². The van der Waals surface area contributed by atoms with Crippen molar-refractivity contribution in [3.63, 3.8) is 0 Å². The van der Waals surface area contributed by atoms with Crippen LogP contribution in [0.4, 0.5) is 11.4 Å². The van der Waals surface area contributed by atoms with E-state index in [2.05, 4.69) is 21.8 Å². The predicted octanol–water partition coefficient (Wildman–Crippen LogP) is 4.36. The SMILES string of the molecule is [C-]#[N+]c1cc([N+]#[C-])c2c(c1)-c1ccccc1C2. The summed E-state index contributed by atoms with van der Waals surface area (Å²) in [5, 5.41) is 0. The van der Waals surface area contributed by atoms with Crippen molar-refractivity contribution in [3.8, 4) is 11.1 Å². The number of hydrogen-bond acceptors (Lipinski definition) is 0. The zero-order valence-electron chi connectivity index (χ0n) is 9.07. The Morgan fingerprint density at radius 1 is 0.941 bits per heavy atom. The van der Waals surface area contributed by atoms with Gasteiger partial charge < -0.3 is 0 Å². The van der Waals surface area contributed by atoms with Gasteiger partial charge >= 0.3 is 0 Å². The monoisotopic (exact) mass is 216 g/mol. The maximum atomic E-state index is 7.21.